The molecule has 1 unspecified atom stereocenters. The molecule has 0 saturated heterocycles. The van der Waals surface area contributed by atoms with Crippen molar-refractivity contribution in [2.45, 2.75) is 32.2 Å². The predicted octanol–water partition coefficient (Wildman–Crippen LogP) is 2.68. The number of amides is 2. The van der Waals surface area contributed by atoms with Gasteiger partial charge in [0.05, 0.1) is 23.5 Å². The van der Waals surface area contributed by atoms with E-state index in [0.717, 1.165) is 6.42 Å². The second-order valence-electron chi connectivity index (χ2n) is 5.66. The van der Waals surface area contributed by atoms with Crippen molar-refractivity contribution in [2.24, 2.45) is 0 Å². The van der Waals surface area contributed by atoms with Crippen LogP contribution in [0.2, 0.25) is 0 Å². The van der Waals surface area contributed by atoms with E-state index in [0.29, 0.717) is 17.8 Å². The van der Waals surface area contributed by atoms with Crippen molar-refractivity contribution in [3.8, 4) is 5.69 Å². The SMILES string of the molecule is CCCC(C)(CO)NC(=O)Nc1cc(F)ccc1-n1cccn1. The highest BCUT2D eigenvalue weighted by Crippen LogP contribution is 2.21. The maximum absolute atomic E-state index is 13.5. The molecule has 0 spiro atoms. The highest BCUT2D eigenvalue weighted by atomic mass is 19.1. The molecule has 0 aliphatic heterocycles. The molecule has 2 amide bonds. The number of anilines is 1. The van der Waals surface area contributed by atoms with Crippen LogP contribution in [0, 0.1) is 5.82 Å². The van der Waals surface area contributed by atoms with Crippen molar-refractivity contribution in [1.29, 1.82) is 0 Å². The lowest BCUT2D eigenvalue weighted by atomic mass is 9.98. The molecule has 2 rings (SSSR count). The molecule has 2 aromatic rings. The van der Waals surface area contributed by atoms with E-state index in [9.17, 15) is 14.3 Å². The third kappa shape index (κ3) is 4.29. The molecule has 1 aromatic carbocycles. The summed E-state index contributed by atoms with van der Waals surface area (Å²) in [5.41, 5.74) is 0.119. The van der Waals surface area contributed by atoms with Crippen LogP contribution >= 0.6 is 0 Å². The number of aromatic nitrogens is 2. The van der Waals surface area contributed by atoms with Crippen LogP contribution in [0.5, 0.6) is 0 Å². The summed E-state index contributed by atoms with van der Waals surface area (Å²) >= 11 is 0. The predicted molar refractivity (Wildman–Crippen MR) is 86.1 cm³/mol. The van der Waals surface area contributed by atoms with Crippen molar-refractivity contribution in [3.05, 3.63) is 42.5 Å². The molecule has 0 radical (unpaired) electrons. The van der Waals surface area contributed by atoms with Crippen LogP contribution in [0.15, 0.2) is 36.7 Å². The first-order valence-corrected chi connectivity index (χ1v) is 7.47. The number of nitrogens with one attached hydrogen (secondary N) is 2. The summed E-state index contributed by atoms with van der Waals surface area (Å²) < 4.78 is 15.1. The van der Waals surface area contributed by atoms with E-state index in [-0.39, 0.29) is 6.61 Å². The topological polar surface area (TPSA) is 79.2 Å². The first-order valence-electron chi connectivity index (χ1n) is 7.47. The van der Waals surface area contributed by atoms with E-state index in [2.05, 4.69) is 15.7 Å². The third-order valence-corrected chi connectivity index (χ3v) is 3.52. The number of carbonyl (C=O) groups excluding carboxylic acids is 1. The first kappa shape index (κ1) is 17.0. The molecule has 1 aromatic heterocycles. The van der Waals surface area contributed by atoms with E-state index >= 15 is 0 Å². The number of nitrogens with zero attached hydrogens (tertiary/aromatic N) is 2. The Morgan fingerprint density at radius 3 is 2.87 bits per heavy atom. The maximum atomic E-state index is 13.5. The Hall–Kier alpha value is -2.41. The van der Waals surface area contributed by atoms with Crippen LogP contribution in [0.4, 0.5) is 14.9 Å². The summed E-state index contributed by atoms with van der Waals surface area (Å²) in [7, 11) is 0. The Morgan fingerprint density at radius 2 is 2.26 bits per heavy atom. The number of halogens is 1. The Labute approximate surface area is 134 Å². The molecule has 3 N–H and O–H groups in total. The average Bonchev–Trinajstić information content (AvgIpc) is 3.01. The van der Waals surface area contributed by atoms with Crippen LogP contribution < -0.4 is 10.6 Å². The van der Waals surface area contributed by atoms with Gasteiger partial charge in [0, 0.05) is 12.4 Å². The summed E-state index contributed by atoms with van der Waals surface area (Å²) in [5, 5.41) is 18.9. The van der Waals surface area contributed by atoms with Crippen molar-refractivity contribution < 1.29 is 14.3 Å². The average molecular weight is 320 g/mol. The molecule has 124 valence electrons. The normalized spacial score (nSPS) is 13.4. The minimum atomic E-state index is -0.724. The molecule has 0 aliphatic rings. The van der Waals surface area contributed by atoms with Crippen LogP contribution in [0.3, 0.4) is 0 Å². The number of aliphatic hydroxyl groups excluding tert-OH is 1. The van der Waals surface area contributed by atoms with Crippen molar-refractivity contribution >= 4 is 11.7 Å². The van der Waals surface area contributed by atoms with Crippen molar-refractivity contribution in [3.63, 3.8) is 0 Å². The summed E-state index contributed by atoms with van der Waals surface area (Å²) in [6.07, 6.45) is 4.74. The number of hydrogen-bond donors (Lipinski definition) is 3. The van der Waals surface area contributed by atoms with Crippen LogP contribution in [0.1, 0.15) is 26.7 Å². The van der Waals surface area contributed by atoms with Gasteiger partial charge in [0.2, 0.25) is 0 Å². The zero-order valence-corrected chi connectivity index (χ0v) is 13.2. The maximum Gasteiger partial charge on any atom is 0.319 e. The number of carbonyl (C=O) groups is 1. The summed E-state index contributed by atoms with van der Waals surface area (Å²) in [4.78, 5) is 12.2. The molecule has 6 nitrogen and oxygen atoms in total. The van der Waals surface area contributed by atoms with Crippen molar-refractivity contribution in [1.82, 2.24) is 15.1 Å². The van der Waals surface area contributed by atoms with E-state index < -0.39 is 17.4 Å². The van der Waals surface area contributed by atoms with Gasteiger partial charge in [-0.25, -0.2) is 13.9 Å². The lowest BCUT2D eigenvalue weighted by Gasteiger charge is -2.28. The van der Waals surface area contributed by atoms with Gasteiger partial charge in [0.25, 0.3) is 0 Å². The molecule has 0 saturated carbocycles. The molecule has 0 bridgehead atoms. The molecule has 23 heavy (non-hydrogen) atoms. The number of hydrogen-bond acceptors (Lipinski definition) is 3. The first-order chi connectivity index (χ1) is 11.0. The van der Waals surface area contributed by atoms with Gasteiger partial charge in [0.15, 0.2) is 0 Å². The fourth-order valence-corrected chi connectivity index (χ4v) is 2.38. The fourth-order valence-electron chi connectivity index (χ4n) is 2.38. The van der Waals surface area contributed by atoms with Gasteiger partial charge in [-0.3, -0.25) is 0 Å². The highest BCUT2D eigenvalue weighted by Gasteiger charge is 2.24. The third-order valence-electron chi connectivity index (χ3n) is 3.52. The van der Waals surface area contributed by atoms with E-state index in [1.54, 1.807) is 25.4 Å². The zero-order valence-electron chi connectivity index (χ0n) is 13.2. The molecule has 1 heterocycles. The highest BCUT2D eigenvalue weighted by molar-refractivity contribution is 5.92. The number of benzene rings is 1. The Morgan fingerprint density at radius 1 is 1.48 bits per heavy atom. The zero-order chi connectivity index (χ0) is 16.9. The number of aliphatic hydroxyl groups is 1. The van der Waals surface area contributed by atoms with Gasteiger partial charge in [-0.15, -0.1) is 0 Å². The van der Waals surface area contributed by atoms with Gasteiger partial charge in [0.1, 0.15) is 5.82 Å². The monoisotopic (exact) mass is 320 g/mol. The molecular weight excluding hydrogens is 299 g/mol. The van der Waals surface area contributed by atoms with Crippen LogP contribution in [-0.4, -0.2) is 33.1 Å². The Kier molecular flexibility index (Phi) is 5.33. The lowest BCUT2D eigenvalue weighted by molar-refractivity contribution is 0.167. The summed E-state index contributed by atoms with van der Waals surface area (Å²) in [5.74, 6) is -0.463. The summed E-state index contributed by atoms with van der Waals surface area (Å²) in [6.45, 7) is 3.55. The molecule has 1 atom stereocenters. The number of rotatable bonds is 6. The minimum Gasteiger partial charge on any atom is -0.394 e. The van der Waals surface area contributed by atoms with Crippen LogP contribution in [0.25, 0.3) is 5.69 Å². The quantitative estimate of drug-likeness (QED) is 0.765. The van der Waals surface area contributed by atoms with E-state index in [1.165, 1.54) is 22.9 Å². The molecule has 0 fully saturated rings. The Bertz CT molecular complexity index is 660. The second-order valence-corrected chi connectivity index (χ2v) is 5.66. The van der Waals surface area contributed by atoms with Gasteiger partial charge in [-0.2, -0.15) is 5.10 Å². The second kappa shape index (κ2) is 7.23. The minimum absolute atomic E-state index is 0.177. The fraction of sp³-hybridized carbons (Fsp3) is 0.375. The molecule has 7 heteroatoms. The van der Waals surface area contributed by atoms with Crippen molar-refractivity contribution in [2.75, 3.05) is 11.9 Å². The molecule has 0 aliphatic carbocycles. The smallest absolute Gasteiger partial charge is 0.319 e. The lowest BCUT2D eigenvalue weighted by Crippen LogP contribution is -2.50. The Balaban J connectivity index is 2.19. The largest absolute Gasteiger partial charge is 0.394 e. The standard InChI is InChI=1S/C16H21FN4O2/c1-3-7-16(2,11-22)20-15(23)19-13-10-12(17)5-6-14(13)21-9-4-8-18-21/h4-6,8-10,22H,3,7,11H2,1-2H3,(H2,19,20,23). The molecular formula is C16H21FN4O2. The van der Waals surface area contributed by atoms with Crippen LogP contribution in [-0.2, 0) is 0 Å². The van der Waals surface area contributed by atoms with E-state index in [4.69, 9.17) is 0 Å². The van der Waals surface area contributed by atoms with Gasteiger partial charge < -0.3 is 15.7 Å². The number of urea groups is 1. The van der Waals surface area contributed by atoms with E-state index in [1.807, 2.05) is 6.92 Å². The van der Waals surface area contributed by atoms with Gasteiger partial charge >= 0.3 is 6.03 Å². The van der Waals surface area contributed by atoms with Gasteiger partial charge in [-0.05, 0) is 37.6 Å². The summed E-state index contributed by atoms with van der Waals surface area (Å²) in [6, 6.07) is 5.29. The van der Waals surface area contributed by atoms with Gasteiger partial charge in [-0.1, -0.05) is 13.3 Å².